The van der Waals surface area contributed by atoms with Gasteiger partial charge in [-0.15, -0.1) is 0 Å². The summed E-state index contributed by atoms with van der Waals surface area (Å²) >= 11 is 0. The van der Waals surface area contributed by atoms with Gasteiger partial charge in [0.25, 0.3) is 0 Å². The molecule has 4 nitrogen and oxygen atoms in total. The molecular formula is C11H10O4. The molecule has 1 aliphatic heterocycles. The third-order valence-corrected chi connectivity index (χ3v) is 2.34. The van der Waals surface area contributed by atoms with Crippen molar-refractivity contribution in [3.05, 3.63) is 35.4 Å². The van der Waals surface area contributed by atoms with E-state index in [1.165, 1.54) is 12.1 Å². The summed E-state index contributed by atoms with van der Waals surface area (Å²) in [4.78, 5) is 11.4. The van der Waals surface area contributed by atoms with Crippen molar-refractivity contribution in [3.8, 4) is 5.75 Å². The molecule has 0 amide bonds. The molecule has 0 aromatic heterocycles. The summed E-state index contributed by atoms with van der Waals surface area (Å²) in [5.41, 5.74) is 1.49. The number of aromatic hydroxyl groups is 1. The van der Waals surface area contributed by atoms with Crippen LogP contribution in [0.15, 0.2) is 29.8 Å². The number of hydrogen-bond acceptors (Lipinski definition) is 4. The predicted molar refractivity (Wildman–Crippen MR) is 52.8 cm³/mol. The fourth-order valence-corrected chi connectivity index (χ4v) is 1.51. The van der Waals surface area contributed by atoms with Gasteiger partial charge >= 0.3 is 5.97 Å². The van der Waals surface area contributed by atoms with Crippen LogP contribution in [0.25, 0.3) is 5.57 Å². The van der Waals surface area contributed by atoms with Gasteiger partial charge in [-0.3, -0.25) is 0 Å². The molecule has 1 aliphatic rings. The molecular weight excluding hydrogens is 196 g/mol. The van der Waals surface area contributed by atoms with Crippen molar-refractivity contribution in [1.82, 2.24) is 0 Å². The van der Waals surface area contributed by atoms with Crippen molar-refractivity contribution in [2.24, 2.45) is 0 Å². The van der Waals surface area contributed by atoms with Crippen LogP contribution in [0.4, 0.5) is 0 Å². The van der Waals surface area contributed by atoms with Crippen molar-refractivity contribution in [3.63, 3.8) is 0 Å². The molecule has 15 heavy (non-hydrogen) atoms. The SMILES string of the molecule is CC1=C(c2ccc(O)cc2)C(=O)OC1O. The van der Waals surface area contributed by atoms with E-state index in [2.05, 4.69) is 4.74 Å². The van der Waals surface area contributed by atoms with E-state index < -0.39 is 12.3 Å². The second kappa shape index (κ2) is 3.40. The minimum atomic E-state index is -1.15. The summed E-state index contributed by atoms with van der Waals surface area (Å²) in [7, 11) is 0. The number of esters is 1. The molecule has 0 bridgehead atoms. The maximum Gasteiger partial charge on any atom is 0.341 e. The van der Waals surface area contributed by atoms with E-state index in [-0.39, 0.29) is 5.75 Å². The van der Waals surface area contributed by atoms with Crippen molar-refractivity contribution in [2.45, 2.75) is 13.2 Å². The molecule has 1 aromatic rings. The molecule has 0 saturated heterocycles. The van der Waals surface area contributed by atoms with E-state index in [1.54, 1.807) is 19.1 Å². The third-order valence-electron chi connectivity index (χ3n) is 2.34. The molecule has 0 spiro atoms. The van der Waals surface area contributed by atoms with Gasteiger partial charge in [0, 0.05) is 5.57 Å². The molecule has 1 aromatic carbocycles. The first-order valence-corrected chi connectivity index (χ1v) is 4.49. The lowest BCUT2D eigenvalue weighted by Gasteiger charge is -2.00. The number of hydrogen-bond donors (Lipinski definition) is 2. The molecule has 0 radical (unpaired) electrons. The summed E-state index contributed by atoms with van der Waals surface area (Å²) in [6, 6.07) is 6.17. The largest absolute Gasteiger partial charge is 0.508 e. The number of cyclic esters (lactones) is 1. The first kappa shape index (κ1) is 9.73. The monoisotopic (exact) mass is 206 g/mol. The molecule has 1 atom stereocenters. The lowest BCUT2D eigenvalue weighted by atomic mass is 10.0. The van der Waals surface area contributed by atoms with Crippen LogP contribution < -0.4 is 0 Å². The van der Waals surface area contributed by atoms with Gasteiger partial charge in [0.15, 0.2) is 0 Å². The molecule has 2 N–H and O–H groups in total. The maximum absolute atomic E-state index is 11.4. The fourth-order valence-electron chi connectivity index (χ4n) is 1.51. The van der Waals surface area contributed by atoms with E-state index in [9.17, 15) is 9.90 Å². The number of phenols is 1. The quantitative estimate of drug-likeness (QED) is 0.674. The highest BCUT2D eigenvalue weighted by Gasteiger charge is 2.30. The fraction of sp³-hybridized carbons (Fsp3) is 0.182. The van der Waals surface area contributed by atoms with Gasteiger partial charge in [0.1, 0.15) is 5.75 Å². The number of aliphatic hydroxyl groups is 1. The molecule has 0 saturated carbocycles. The van der Waals surface area contributed by atoms with Gasteiger partial charge in [-0.1, -0.05) is 12.1 Å². The number of carbonyl (C=O) groups excluding carboxylic acids is 1. The average molecular weight is 206 g/mol. The number of ether oxygens (including phenoxy) is 1. The van der Waals surface area contributed by atoms with Crippen LogP contribution >= 0.6 is 0 Å². The zero-order valence-electron chi connectivity index (χ0n) is 8.10. The van der Waals surface area contributed by atoms with E-state index in [1.807, 2.05) is 0 Å². The van der Waals surface area contributed by atoms with E-state index in [0.29, 0.717) is 16.7 Å². The van der Waals surface area contributed by atoms with E-state index in [4.69, 9.17) is 5.11 Å². The number of benzene rings is 1. The number of rotatable bonds is 1. The Balaban J connectivity index is 2.47. The van der Waals surface area contributed by atoms with Gasteiger partial charge in [-0.05, 0) is 24.6 Å². The lowest BCUT2D eigenvalue weighted by Crippen LogP contribution is -2.08. The topological polar surface area (TPSA) is 66.8 Å². The second-order valence-corrected chi connectivity index (χ2v) is 3.36. The van der Waals surface area contributed by atoms with Crippen molar-refractivity contribution >= 4 is 11.5 Å². The summed E-state index contributed by atoms with van der Waals surface area (Å²) in [6.07, 6.45) is -1.15. The molecule has 1 unspecified atom stereocenters. The molecule has 4 heteroatoms. The van der Waals surface area contributed by atoms with Crippen molar-refractivity contribution < 1.29 is 19.7 Å². The maximum atomic E-state index is 11.4. The Morgan fingerprint density at radius 2 is 1.87 bits per heavy atom. The Hall–Kier alpha value is -1.81. The second-order valence-electron chi connectivity index (χ2n) is 3.36. The zero-order chi connectivity index (χ0) is 11.0. The molecule has 1 heterocycles. The Labute approximate surface area is 86.4 Å². The highest BCUT2D eigenvalue weighted by Crippen LogP contribution is 2.29. The third kappa shape index (κ3) is 1.59. The van der Waals surface area contributed by atoms with Crippen LogP contribution in [0.1, 0.15) is 12.5 Å². The lowest BCUT2D eigenvalue weighted by molar-refractivity contribution is -0.150. The summed E-state index contributed by atoms with van der Waals surface area (Å²) < 4.78 is 4.65. The van der Waals surface area contributed by atoms with Crippen LogP contribution in [0, 0.1) is 0 Å². The normalized spacial score (nSPS) is 20.7. The standard InChI is InChI=1S/C11H10O4/c1-6-9(11(14)15-10(6)13)7-2-4-8(12)5-3-7/h2-5,10,12-13H,1H3. The average Bonchev–Trinajstić information content (AvgIpc) is 2.44. The van der Waals surface area contributed by atoms with Crippen molar-refractivity contribution in [1.29, 1.82) is 0 Å². The first-order valence-electron chi connectivity index (χ1n) is 4.49. The number of carbonyl (C=O) groups is 1. The molecule has 2 rings (SSSR count). The molecule has 78 valence electrons. The summed E-state index contributed by atoms with van der Waals surface area (Å²) in [6.45, 7) is 1.64. The van der Waals surface area contributed by atoms with Crippen molar-refractivity contribution in [2.75, 3.05) is 0 Å². The number of phenolic OH excluding ortho intramolecular Hbond substituents is 1. The smallest absolute Gasteiger partial charge is 0.341 e. The highest BCUT2D eigenvalue weighted by molar-refractivity contribution is 6.19. The Kier molecular flexibility index (Phi) is 2.21. The minimum Gasteiger partial charge on any atom is -0.508 e. The predicted octanol–water partition coefficient (Wildman–Crippen LogP) is 1.04. The van der Waals surface area contributed by atoms with E-state index in [0.717, 1.165) is 0 Å². The van der Waals surface area contributed by atoms with Gasteiger partial charge < -0.3 is 14.9 Å². The first-order chi connectivity index (χ1) is 7.09. The van der Waals surface area contributed by atoms with Gasteiger partial charge in [0.05, 0.1) is 5.57 Å². The molecule has 0 aliphatic carbocycles. The minimum absolute atomic E-state index is 0.129. The number of aliphatic hydroxyl groups excluding tert-OH is 1. The van der Waals surface area contributed by atoms with Gasteiger partial charge in [-0.25, -0.2) is 4.79 Å². The van der Waals surface area contributed by atoms with Crippen LogP contribution in [0.5, 0.6) is 5.75 Å². The Morgan fingerprint density at radius 1 is 1.27 bits per heavy atom. The zero-order valence-corrected chi connectivity index (χ0v) is 8.10. The van der Waals surface area contributed by atoms with Crippen LogP contribution in [-0.2, 0) is 9.53 Å². The van der Waals surface area contributed by atoms with E-state index >= 15 is 0 Å². The van der Waals surface area contributed by atoms with Gasteiger partial charge in [-0.2, -0.15) is 0 Å². The van der Waals surface area contributed by atoms with Crippen LogP contribution in [-0.4, -0.2) is 22.5 Å². The highest BCUT2D eigenvalue weighted by atomic mass is 16.6. The molecule has 0 fully saturated rings. The van der Waals surface area contributed by atoms with Crippen LogP contribution in [0.3, 0.4) is 0 Å². The summed E-state index contributed by atoms with van der Waals surface area (Å²) in [5, 5.41) is 18.4. The Bertz CT molecular complexity index is 430. The summed E-state index contributed by atoms with van der Waals surface area (Å²) in [5.74, 6) is -0.408. The van der Waals surface area contributed by atoms with Gasteiger partial charge in [0.2, 0.25) is 6.29 Å². The van der Waals surface area contributed by atoms with Crippen LogP contribution in [0.2, 0.25) is 0 Å². The Morgan fingerprint density at radius 3 is 2.33 bits per heavy atom.